The quantitative estimate of drug-likeness (QED) is 0.896. The molecule has 92 valence electrons. The summed E-state index contributed by atoms with van der Waals surface area (Å²) in [6.45, 7) is 1.35. The Morgan fingerprint density at radius 1 is 1.41 bits per heavy atom. The maximum Gasteiger partial charge on any atom is 0.227 e. The minimum Gasteiger partial charge on any atom is -0.341 e. The van der Waals surface area contributed by atoms with Crippen molar-refractivity contribution in [3.63, 3.8) is 0 Å². The zero-order chi connectivity index (χ0) is 12.4. The van der Waals surface area contributed by atoms with Crippen LogP contribution in [0.4, 0.5) is 0 Å². The van der Waals surface area contributed by atoms with Gasteiger partial charge in [-0.15, -0.1) is 0 Å². The van der Waals surface area contributed by atoms with Crippen LogP contribution in [0.1, 0.15) is 12.0 Å². The Labute approximate surface area is 110 Å². The summed E-state index contributed by atoms with van der Waals surface area (Å²) in [6, 6.07) is 5.35. The number of amides is 1. The molecule has 1 aromatic rings. The van der Waals surface area contributed by atoms with Crippen LogP contribution in [0.25, 0.3) is 0 Å². The van der Waals surface area contributed by atoms with E-state index in [9.17, 15) is 4.79 Å². The van der Waals surface area contributed by atoms with Gasteiger partial charge in [0.2, 0.25) is 5.91 Å². The summed E-state index contributed by atoms with van der Waals surface area (Å²) in [6.07, 6.45) is 1.10. The summed E-state index contributed by atoms with van der Waals surface area (Å²) < 4.78 is 0. The predicted molar refractivity (Wildman–Crippen MR) is 69.3 cm³/mol. The van der Waals surface area contributed by atoms with Crippen LogP contribution in [-0.4, -0.2) is 29.9 Å². The highest BCUT2D eigenvalue weighted by Gasteiger charge is 2.24. The van der Waals surface area contributed by atoms with Crippen molar-refractivity contribution >= 4 is 29.1 Å². The van der Waals surface area contributed by atoms with Gasteiger partial charge in [-0.2, -0.15) is 0 Å². The predicted octanol–water partition coefficient (Wildman–Crippen LogP) is 2.10. The van der Waals surface area contributed by atoms with E-state index in [0.29, 0.717) is 22.2 Å². The number of hydrogen-bond donors (Lipinski definition) is 1. The first kappa shape index (κ1) is 12.7. The van der Waals surface area contributed by atoms with E-state index >= 15 is 0 Å². The van der Waals surface area contributed by atoms with Crippen molar-refractivity contribution in [2.45, 2.75) is 18.9 Å². The van der Waals surface area contributed by atoms with Gasteiger partial charge in [-0.05, 0) is 24.1 Å². The van der Waals surface area contributed by atoms with Crippen LogP contribution < -0.4 is 5.73 Å². The smallest absolute Gasteiger partial charge is 0.227 e. The molecule has 1 saturated heterocycles. The first-order valence-electron chi connectivity index (χ1n) is 5.54. The summed E-state index contributed by atoms with van der Waals surface area (Å²) in [5.41, 5.74) is 6.47. The fourth-order valence-electron chi connectivity index (χ4n) is 1.98. The van der Waals surface area contributed by atoms with E-state index in [4.69, 9.17) is 28.9 Å². The van der Waals surface area contributed by atoms with Gasteiger partial charge in [-0.3, -0.25) is 4.79 Å². The Kier molecular flexibility index (Phi) is 3.92. The molecule has 0 radical (unpaired) electrons. The number of nitrogens with two attached hydrogens (primary N) is 1. The maximum absolute atomic E-state index is 12.0. The minimum absolute atomic E-state index is 0.0351. The van der Waals surface area contributed by atoms with Crippen LogP contribution in [0, 0.1) is 0 Å². The molecule has 0 bridgehead atoms. The lowest BCUT2D eigenvalue weighted by Gasteiger charge is -2.16. The Morgan fingerprint density at radius 2 is 2.06 bits per heavy atom. The number of benzene rings is 1. The molecule has 17 heavy (non-hydrogen) atoms. The van der Waals surface area contributed by atoms with Crippen molar-refractivity contribution in [2.75, 3.05) is 13.1 Å². The number of carbonyl (C=O) groups excluding carboxylic acids is 1. The van der Waals surface area contributed by atoms with E-state index in [2.05, 4.69) is 0 Å². The van der Waals surface area contributed by atoms with Crippen molar-refractivity contribution < 1.29 is 4.79 Å². The summed E-state index contributed by atoms with van der Waals surface area (Å²) in [4.78, 5) is 13.8. The molecule has 3 nitrogen and oxygen atoms in total. The lowest BCUT2D eigenvalue weighted by atomic mass is 10.1. The minimum atomic E-state index is 0.0351. The standard InChI is InChI=1S/C12H14Cl2N2O/c13-10-2-1-3-11(14)9(10)6-12(17)16-5-4-8(15)7-16/h1-3,8H,4-7,15H2/t8-/m1/s1. The van der Waals surface area contributed by atoms with Gasteiger partial charge in [0.15, 0.2) is 0 Å². The molecule has 2 N–H and O–H groups in total. The SMILES string of the molecule is N[C@@H]1CCN(C(=O)Cc2c(Cl)cccc2Cl)C1. The van der Waals surface area contributed by atoms with Crippen LogP contribution in [0.3, 0.4) is 0 Å². The van der Waals surface area contributed by atoms with Gasteiger partial charge in [-0.25, -0.2) is 0 Å². The fourth-order valence-corrected chi connectivity index (χ4v) is 2.51. The van der Waals surface area contributed by atoms with Gasteiger partial charge < -0.3 is 10.6 Å². The van der Waals surface area contributed by atoms with Gasteiger partial charge in [-0.1, -0.05) is 29.3 Å². The van der Waals surface area contributed by atoms with Crippen molar-refractivity contribution in [3.05, 3.63) is 33.8 Å². The molecule has 2 rings (SSSR count). The highest BCUT2D eigenvalue weighted by Crippen LogP contribution is 2.25. The number of carbonyl (C=O) groups is 1. The third-order valence-corrected chi connectivity index (χ3v) is 3.68. The lowest BCUT2D eigenvalue weighted by Crippen LogP contribution is -2.33. The Balaban J connectivity index is 2.08. The van der Waals surface area contributed by atoms with Crippen molar-refractivity contribution in [1.82, 2.24) is 4.90 Å². The molecule has 1 fully saturated rings. The van der Waals surface area contributed by atoms with Crippen LogP contribution in [0.5, 0.6) is 0 Å². The maximum atomic E-state index is 12.0. The Morgan fingerprint density at radius 3 is 2.59 bits per heavy atom. The molecule has 1 heterocycles. The largest absolute Gasteiger partial charge is 0.341 e. The first-order valence-corrected chi connectivity index (χ1v) is 6.30. The van der Waals surface area contributed by atoms with E-state index in [-0.39, 0.29) is 18.4 Å². The second-order valence-electron chi connectivity index (χ2n) is 4.27. The van der Waals surface area contributed by atoms with Crippen molar-refractivity contribution in [1.29, 1.82) is 0 Å². The molecule has 0 unspecified atom stereocenters. The number of hydrogen-bond acceptors (Lipinski definition) is 2. The summed E-state index contributed by atoms with van der Waals surface area (Å²) in [5.74, 6) is 0.0351. The molecule has 1 aliphatic heterocycles. The van der Waals surface area contributed by atoms with E-state index in [1.807, 2.05) is 0 Å². The highest BCUT2D eigenvalue weighted by molar-refractivity contribution is 6.36. The normalized spacial score (nSPS) is 19.7. The molecule has 0 saturated carbocycles. The second-order valence-corrected chi connectivity index (χ2v) is 5.08. The highest BCUT2D eigenvalue weighted by atomic mass is 35.5. The molecule has 0 aliphatic carbocycles. The van der Waals surface area contributed by atoms with Crippen LogP contribution in [0.2, 0.25) is 10.0 Å². The molecule has 1 aliphatic rings. The number of halogens is 2. The molecule has 1 aromatic carbocycles. The topological polar surface area (TPSA) is 46.3 Å². The third-order valence-electron chi connectivity index (χ3n) is 2.97. The zero-order valence-corrected chi connectivity index (χ0v) is 10.8. The number of nitrogens with zero attached hydrogens (tertiary/aromatic N) is 1. The van der Waals surface area contributed by atoms with Gasteiger partial charge in [0, 0.05) is 29.2 Å². The van der Waals surface area contributed by atoms with Crippen molar-refractivity contribution in [2.24, 2.45) is 5.73 Å². The molecular weight excluding hydrogens is 259 g/mol. The molecular formula is C12H14Cl2N2O. The van der Waals surface area contributed by atoms with Crippen molar-refractivity contribution in [3.8, 4) is 0 Å². The number of rotatable bonds is 2. The average Bonchev–Trinajstić information content (AvgIpc) is 2.70. The van der Waals surface area contributed by atoms with Gasteiger partial charge in [0.1, 0.15) is 0 Å². The summed E-state index contributed by atoms with van der Waals surface area (Å²) in [7, 11) is 0. The third kappa shape index (κ3) is 2.92. The van der Waals surface area contributed by atoms with Gasteiger partial charge in [0.25, 0.3) is 0 Å². The Hall–Kier alpha value is -0.770. The van der Waals surface area contributed by atoms with E-state index in [0.717, 1.165) is 13.0 Å². The molecule has 5 heteroatoms. The van der Waals surface area contributed by atoms with Crippen LogP contribution in [0.15, 0.2) is 18.2 Å². The molecule has 1 amide bonds. The summed E-state index contributed by atoms with van der Waals surface area (Å²) in [5, 5.41) is 1.07. The van der Waals surface area contributed by atoms with Gasteiger partial charge >= 0.3 is 0 Å². The summed E-state index contributed by atoms with van der Waals surface area (Å²) >= 11 is 12.1. The average molecular weight is 273 g/mol. The monoisotopic (exact) mass is 272 g/mol. The zero-order valence-electron chi connectivity index (χ0n) is 9.33. The fraction of sp³-hybridized carbons (Fsp3) is 0.417. The van der Waals surface area contributed by atoms with Crippen LogP contribution in [-0.2, 0) is 11.2 Å². The lowest BCUT2D eigenvalue weighted by molar-refractivity contribution is -0.129. The molecule has 0 spiro atoms. The van der Waals surface area contributed by atoms with Gasteiger partial charge in [0.05, 0.1) is 6.42 Å². The second kappa shape index (κ2) is 5.25. The number of likely N-dealkylation sites (tertiary alicyclic amines) is 1. The van der Waals surface area contributed by atoms with E-state index in [1.165, 1.54) is 0 Å². The molecule has 0 aromatic heterocycles. The molecule has 1 atom stereocenters. The van der Waals surface area contributed by atoms with E-state index in [1.54, 1.807) is 23.1 Å². The first-order chi connectivity index (χ1) is 8.08. The van der Waals surface area contributed by atoms with Crippen LogP contribution >= 0.6 is 23.2 Å². The van der Waals surface area contributed by atoms with E-state index < -0.39 is 0 Å². The Bertz CT molecular complexity index is 416.